The third-order valence-corrected chi connectivity index (χ3v) is 13.9. The fraction of sp³-hybridized carbons (Fsp3) is 0.667. The van der Waals surface area contributed by atoms with E-state index in [0.717, 1.165) is 88.2 Å². The molecule has 10 atom stereocenters. The first kappa shape index (κ1) is 25.7. The molecule has 4 fully saturated rings. The predicted octanol–water partition coefficient (Wildman–Crippen LogP) is 7.20. The van der Waals surface area contributed by atoms with Crippen LogP contribution < -0.4 is 0 Å². The first-order valence-corrected chi connectivity index (χ1v) is 16.3. The maximum Gasteiger partial charge on any atom is 0.123 e. The maximum atomic E-state index is 11.4. The van der Waals surface area contributed by atoms with Crippen LogP contribution in [0.15, 0.2) is 24.3 Å². The number of benzene rings is 2. The Bertz CT molecular complexity index is 1370. The zero-order valence-corrected chi connectivity index (χ0v) is 24.2. The SMILES string of the molecule is C[C@]12CCC3c4cc(-c5c(O)ccc6c5CCC5C6CC[C@@]6(C)C5CC[C@@H]6O)c(O)cc4CCC3C1CC[C@@H]2O. The first-order valence-electron chi connectivity index (χ1n) is 16.3. The lowest BCUT2D eigenvalue weighted by molar-refractivity contribution is -0.0226. The van der Waals surface area contributed by atoms with Crippen molar-refractivity contribution in [3.63, 3.8) is 0 Å². The highest BCUT2D eigenvalue weighted by Crippen LogP contribution is 2.63. The number of aliphatic hydroxyl groups is 2. The summed E-state index contributed by atoms with van der Waals surface area (Å²) in [5, 5.41) is 44.4. The van der Waals surface area contributed by atoms with Crippen molar-refractivity contribution in [2.45, 2.75) is 115 Å². The molecule has 4 N–H and O–H groups in total. The van der Waals surface area contributed by atoms with Gasteiger partial charge >= 0.3 is 0 Å². The molecule has 40 heavy (non-hydrogen) atoms. The van der Waals surface area contributed by atoms with Gasteiger partial charge in [-0.2, -0.15) is 0 Å². The molecule has 214 valence electrons. The fourth-order valence-corrected chi connectivity index (χ4v) is 11.7. The molecule has 0 saturated heterocycles. The molecule has 6 unspecified atom stereocenters. The van der Waals surface area contributed by atoms with Crippen molar-refractivity contribution in [3.8, 4) is 22.6 Å². The Kier molecular flexibility index (Phi) is 5.60. The molecule has 4 saturated carbocycles. The van der Waals surface area contributed by atoms with Crippen LogP contribution in [0.1, 0.15) is 112 Å². The molecule has 6 aliphatic carbocycles. The molecule has 0 aromatic heterocycles. The molecule has 2 aromatic rings. The van der Waals surface area contributed by atoms with Gasteiger partial charge < -0.3 is 20.4 Å². The highest BCUT2D eigenvalue weighted by molar-refractivity contribution is 5.81. The third kappa shape index (κ3) is 3.33. The van der Waals surface area contributed by atoms with Crippen molar-refractivity contribution >= 4 is 0 Å². The minimum absolute atomic E-state index is 0.0527. The van der Waals surface area contributed by atoms with Crippen LogP contribution in [0.4, 0.5) is 0 Å². The second-order valence-corrected chi connectivity index (χ2v) is 15.2. The predicted molar refractivity (Wildman–Crippen MR) is 156 cm³/mol. The summed E-state index contributed by atoms with van der Waals surface area (Å²) < 4.78 is 0. The molecule has 0 bridgehead atoms. The summed E-state index contributed by atoms with van der Waals surface area (Å²) in [6.45, 7) is 4.65. The van der Waals surface area contributed by atoms with E-state index in [4.69, 9.17) is 0 Å². The van der Waals surface area contributed by atoms with Gasteiger partial charge in [0.25, 0.3) is 0 Å². The number of hydrogen-bond donors (Lipinski definition) is 4. The molecule has 4 heteroatoms. The number of phenolic OH excluding ortho intramolecular Hbond substituents is 2. The van der Waals surface area contributed by atoms with Gasteiger partial charge in [0.05, 0.1) is 12.2 Å². The molecule has 2 aromatic carbocycles. The van der Waals surface area contributed by atoms with Gasteiger partial charge in [-0.3, -0.25) is 0 Å². The van der Waals surface area contributed by atoms with E-state index in [0.29, 0.717) is 41.3 Å². The number of fused-ring (bicyclic) bond motifs is 10. The molecule has 6 aliphatic rings. The Morgan fingerprint density at radius 1 is 0.650 bits per heavy atom. The van der Waals surface area contributed by atoms with Crippen LogP contribution in [0.25, 0.3) is 11.1 Å². The third-order valence-electron chi connectivity index (χ3n) is 13.9. The summed E-state index contributed by atoms with van der Waals surface area (Å²) in [6.07, 6.45) is 12.3. The number of hydrogen-bond acceptors (Lipinski definition) is 4. The zero-order valence-electron chi connectivity index (χ0n) is 24.2. The van der Waals surface area contributed by atoms with Crippen LogP contribution in [0, 0.1) is 34.5 Å². The molecule has 8 rings (SSSR count). The van der Waals surface area contributed by atoms with Crippen molar-refractivity contribution in [1.29, 1.82) is 0 Å². The lowest BCUT2D eigenvalue weighted by atomic mass is 9.55. The summed E-state index contributed by atoms with van der Waals surface area (Å²) in [5.41, 5.74) is 7.04. The molecule has 0 aliphatic heterocycles. The average molecular weight is 543 g/mol. The summed E-state index contributed by atoms with van der Waals surface area (Å²) in [5.74, 6) is 3.87. The molecule has 0 heterocycles. The van der Waals surface area contributed by atoms with Crippen LogP contribution in [0.2, 0.25) is 0 Å². The van der Waals surface area contributed by atoms with Crippen LogP contribution in [-0.2, 0) is 12.8 Å². The van der Waals surface area contributed by atoms with Crippen LogP contribution in [0.5, 0.6) is 11.5 Å². The largest absolute Gasteiger partial charge is 0.507 e. The number of aryl methyl sites for hydroxylation is 1. The van der Waals surface area contributed by atoms with E-state index >= 15 is 0 Å². The summed E-state index contributed by atoms with van der Waals surface area (Å²) in [6, 6.07) is 8.30. The van der Waals surface area contributed by atoms with Crippen molar-refractivity contribution in [2.24, 2.45) is 34.5 Å². The van der Waals surface area contributed by atoms with Crippen LogP contribution in [-0.4, -0.2) is 32.6 Å². The van der Waals surface area contributed by atoms with E-state index in [1.165, 1.54) is 22.3 Å². The molecule has 0 radical (unpaired) electrons. The van der Waals surface area contributed by atoms with Crippen molar-refractivity contribution in [3.05, 3.63) is 46.5 Å². The second kappa shape index (κ2) is 8.74. The maximum absolute atomic E-state index is 11.4. The van der Waals surface area contributed by atoms with E-state index < -0.39 is 0 Å². The monoisotopic (exact) mass is 542 g/mol. The standard InChI is InChI=1S/C36H46O4/c1-35-15-13-21-20-7-10-30(37)34(25(20)6-5-24(21)29(35)9-12-32(35)39)27-18-26-19(17-31(27)38)3-4-23-22(26)14-16-36(2)28(23)8-11-33(36)40/h7,10,17-18,21-24,28-29,32-33,37-40H,3-6,8-9,11-16H2,1-2H3/t21?,22?,23?,24?,28?,29?,32-,33-,35-,36-/m0/s1. The smallest absolute Gasteiger partial charge is 0.123 e. The van der Waals surface area contributed by atoms with E-state index in [-0.39, 0.29) is 28.8 Å². The normalized spacial score (nSPS) is 43.2. The van der Waals surface area contributed by atoms with Gasteiger partial charge in [-0.05, 0) is 164 Å². The topological polar surface area (TPSA) is 80.9 Å². The van der Waals surface area contributed by atoms with Crippen molar-refractivity contribution < 1.29 is 20.4 Å². The number of rotatable bonds is 1. The minimum atomic E-state index is -0.170. The molecular formula is C36H46O4. The lowest BCUT2D eigenvalue weighted by Crippen LogP contribution is -2.44. The van der Waals surface area contributed by atoms with E-state index in [1.54, 1.807) is 0 Å². The Morgan fingerprint density at radius 3 is 1.90 bits per heavy atom. The number of phenols is 2. The summed E-state index contributed by atoms with van der Waals surface area (Å²) in [7, 11) is 0. The highest BCUT2D eigenvalue weighted by Gasteiger charge is 2.56. The minimum Gasteiger partial charge on any atom is -0.507 e. The van der Waals surface area contributed by atoms with Gasteiger partial charge in [0, 0.05) is 11.1 Å². The quantitative estimate of drug-likeness (QED) is 0.307. The van der Waals surface area contributed by atoms with E-state index in [1.807, 2.05) is 12.1 Å². The summed E-state index contributed by atoms with van der Waals surface area (Å²) >= 11 is 0. The molecular weight excluding hydrogens is 496 g/mol. The number of aromatic hydroxyl groups is 2. The van der Waals surface area contributed by atoms with Crippen molar-refractivity contribution in [2.75, 3.05) is 0 Å². The Morgan fingerprint density at radius 2 is 1.25 bits per heavy atom. The number of aliphatic hydroxyl groups excluding tert-OH is 2. The second-order valence-electron chi connectivity index (χ2n) is 15.2. The molecule has 0 amide bonds. The first-order chi connectivity index (χ1) is 19.2. The molecule has 0 spiro atoms. The van der Waals surface area contributed by atoms with Gasteiger partial charge in [0.15, 0.2) is 0 Å². The van der Waals surface area contributed by atoms with E-state index in [9.17, 15) is 20.4 Å². The van der Waals surface area contributed by atoms with Crippen LogP contribution in [0.3, 0.4) is 0 Å². The van der Waals surface area contributed by atoms with Gasteiger partial charge in [-0.25, -0.2) is 0 Å². The van der Waals surface area contributed by atoms with Gasteiger partial charge in [-0.1, -0.05) is 19.9 Å². The summed E-state index contributed by atoms with van der Waals surface area (Å²) in [4.78, 5) is 0. The highest BCUT2D eigenvalue weighted by atomic mass is 16.3. The van der Waals surface area contributed by atoms with Crippen LogP contribution >= 0.6 is 0 Å². The van der Waals surface area contributed by atoms with Gasteiger partial charge in [-0.15, -0.1) is 0 Å². The lowest BCUT2D eigenvalue weighted by Gasteiger charge is -2.50. The average Bonchev–Trinajstić information content (AvgIpc) is 3.42. The Hall–Kier alpha value is -2.04. The molecule has 4 nitrogen and oxygen atoms in total. The fourth-order valence-electron chi connectivity index (χ4n) is 11.7. The Balaban J connectivity index is 1.19. The van der Waals surface area contributed by atoms with Crippen molar-refractivity contribution in [1.82, 2.24) is 0 Å². The zero-order chi connectivity index (χ0) is 27.6. The van der Waals surface area contributed by atoms with Gasteiger partial charge in [0.1, 0.15) is 11.5 Å². The van der Waals surface area contributed by atoms with E-state index in [2.05, 4.69) is 26.0 Å². The van der Waals surface area contributed by atoms with Gasteiger partial charge in [0.2, 0.25) is 0 Å². The Labute approximate surface area is 238 Å².